The third kappa shape index (κ3) is 3.92. The zero-order valence-electron chi connectivity index (χ0n) is 8.24. The monoisotopic (exact) mass is 188 g/mol. The predicted molar refractivity (Wildman–Crippen MR) is 47.2 cm³/mol. The van der Waals surface area contributed by atoms with Gasteiger partial charge in [0.15, 0.2) is 0 Å². The van der Waals surface area contributed by atoms with E-state index in [0.29, 0.717) is 0 Å². The molecular formula is C9H16O4. The Bertz CT molecular complexity index is 188. The molecule has 0 aliphatic carbocycles. The Balaban J connectivity index is 4.35. The molecule has 0 spiro atoms. The summed E-state index contributed by atoms with van der Waals surface area (Å²) >= 11 is 0. The maximum absolute atomic E-state index is 11.2. The normalized spacial score (nSPS) is 14.7. The summed E-state index contributed by atoms with van der Waals surface area (Å²) in [4.78, 5) is 21.6. The molecule has 0 fully saturated rings. The van der Waals surface area contributed by atoms with E-state index in [2.05, 4.69) is 4.74 Å². The van der Waals surface area contributed by atoms with Gasteiger partial charge < -0.3 is 9.84 Å². The van der Waals surface area contributed by atoms with Crippen molar-refractivity contribution >= 4 is 11.9 Å². The summed E-state index contributed by atoms with van der Waals surface area (Å²) in [6.45, 7) is 3.77. The van der Waals surface area contributed by atoms with Crippen LogP contribution >= 0.6 is 0 Å². The van der Waals surface area contributed by atoms with Gasteiger partial charge in [0.2, 0.25) is 0 Å². The smallest absolute Gasteiger partial charge is 0.309 e. The Kier molecular flexibility index (Phi) is 5.11. The van der Waals surface area contributed by atoms with Crippen molar-refractivity contribution in [3.63, 3.8) is 0 Å². The molecule has 13 heavy (non-hydrogen) atoms. The number of aliphatic carboxylic acids is 1. The van der Waals surface area contributed by atoms with E-state index in [1.807, 2.05) is 13.8 Å². The number of hydrogen-bond donors (Lipinski definition) is 1. The Hall–Kier alpha value is -1.06. The van der Waals surface area contributed by atoms with Crippen molar-refractivity contribution in [2.24, 2.45) is 11.8 Å². The summed E-state index contributed by atoms with van der Waals surface area (Å²) in [7, 11) is 1.28. The number of carboxylic acid groups (broad SMARTS) is 1. The molecule has 0 saturated carbocycles. The van der Waals surface area contributed by atoms with Gasteiger partial charge >= 0.3 is 11.9 Å². The van der Waals surface area contributed by atoms with E-state index in [-0.39, 0.29) is 12.3 Å². The molecule has 4 heteroatoms. The number of carboxylic acids is 1. The minimum absolute atomic E-state index is 0.0450. The largest absolute Gasteiger partial charge is 0.481 e. The van der Waals surface area contributed by atoms with Gasteiger partial charge in [0.25, 0.3) is 0 Å². The number of carbonyl (C=O) groups is 2. The molecular weight excluding hydrogens is 172 g/mol. The predicted octanol–water partition coefficient (Wildman–Crippen LogP) is 1.30. The van der Waals surface area contributed by atoms with Crippen LogP contribution in [0.5, 0.6) is 0 Å². The van der Waals surface area contributed by atoms with Crippen LogP contribution in [0, 0.1) is 11.8 Å². The first-order valence-electron chi connectivity index (χ1n) is 4.32. The Morgan fingerprint density at radius 3 is 2.31 bits per heavy atom. The van der Waals surface area contributed by atoms with Crippen LogP contribution in [-0.2, 0) is 14.3 Å². The third-order valence-corrected chi connectivity index (χ3v) is 2.23. The molecule has 1 N–H and O–H groups in total. The van der Waals surface area contributed by atoms with Crippen LogP contribution < -0.4 is 0 Å². The van der Waals surface area contributed by atoms with Crippen molar-refractivity contribution in [2.75, 3.05) is 7.11 Å². The van der Waals surface area contributed by atoms with Crippen molar-refractivity contribution in [1.82, 2.24) is 0 Å². The van der Waals surface area contributed by atoms with E-state index in [1.54, 1.807) is 0 Å². The Morgan fingerprint density at radius 1 is 1.46 bits per heavy atom. The maximum Gasteiger partial charge on any atom is 0.309 e. The molecule has 0 aromatic carbocycles. The van der Waals surface area contributed by atoms with Gasteiger partial charge in [0, 0.05) is 0 Å². The number of methoxy groups -OCH3 is 1. The van der Waals surface area contributed by atoms with Crippen molar-refractivity contribution in [2.45, 2.75) is 26.7 Å². The van der Waals surface area contributed by atoms with Crippen LogP contribution in [0.15, 0.2) is 0 Å². The highest BCUT2D eigenvalue weighted by atomic mass is 16.5. The van der Waals surface area contributed by atoms with E-state index < -0.39 is 17.9 Å². The van der Waals surface area contributed by atoms with Crippen molar-refractivity contribution in [3.05, 3.63) is 0 Å². The van der Waals surface area contributed by atoms with E-state index in [9.17, 15) is 9.59 Å². The fourth-order valence-corrected chi connectivity index (χ4v) is 1.14. The number of esters is 1. The SMILES string of the molecule is CCC(C)[C@@H](CC(=O)O)C(=O)OC. The van der Waals surface area contributed by atoms with E-state index in [1.165, 1.54) is 7.11 Å². The van der Waals surface area contributed by atoms with Crippen LogP contribution in [0.25, 0.3) is 0 Å². The van der Waals surface area contributed by atoms with Gasteiger partial charge in [0.1, 0.15) is 0 Å². The average Bonchev–Trinajstić information content (AvgIpc) is 2.11. The molecule has 2 atom stereocenters. The van der Waals surface area contributed by atoms with Gasteiger partial charge in [0.05, 0.1) is 19.4 Å². The fourth-order valence-electron chi connectivity index (χ4n) is 1.14. The summed E-state index contributed by atoms with van der Waals surface area (Å²) in [6, 6.07) is 0. The lowest BCUT2D eigenvalue weighted by Crippen LogP contribution is -2.25. The Morgan fingerprint density at radius 2 is 2.00 bits per heavy atom. The lowest BCUT2D eigenvalue weighted by atomic mass is 9.89. The minimum Gasteiger partial charge on any atom is -0.481 e. The molecule has 1 unspecified atom stereocenters. The fraction of sp³-hybridized carbons (Fsp3) is 0.778. The van der Waals surface area contributed by atoms with Gasteiger partial charge in [-0.3, -0.25) is 9.59 Å². The molecule has 0 rings (SSSR count). The zero-order chi connectivity index (χ0) is 10.4. The van der Waals surface area contributed by atoms with Crippen LogP contribution in [0.1, 0.15) is 26.7 Å². The van der Waals surface area contributed by atoms with Crippen molar-refractivity contribution in [1.29, 1.82) is 0 Å². The van der Waals surface area contributed by atoms with Crippen LogP contribution in [-0.4, -0.2) is 24.2 Å². The van der Waals surface area contributed by atoms with Gasteiger partial charge in [-0.05, 0) is 5.92 Å². The molecule has 0 aromatic rings. The second-order valence-electron chi connectivity index (χ2n) is 3.11. The second kappa shape index (κ2) is 5.56. The first-order valence-corrected chi connectivity index (χ1v) is 4.32. The van der Waals surface area contributed by atoms with Crippen LogP contribution in [0.4, 0.5) is 0 Å². The molecule has 0 aromatic heterocycles. The molecule has 0 aliphatic rings. The van der Waals surface area contributed by atoms with Crippen molar-refractivity contribution < 1.29 is 19.4 Å². The zero-order valence-corrected chi connectivity index (χ0v) is 8.24. The average molecular weight is 188 g/mol. The molecule has 76 valence electrons. The van der Waals surface area contributed by atoms with Gasteiger partial charge in [-0.1, -0.05) is 20.3 Å². The number of ether oxygens (including phenoxy) is 1. The quantitative estimate of drug-likeness (QED) is 0.660. The highest BCUT2D eigenvalue weighted by Gasteiger charge is 2.27. The summed E-state index contributed by atoms with van der Waals surface area (Å²) in [5.41, 5.74) is 0. The lowest BCUT2D eigenvalue weighted by molar-refractivity contribution is -0.152. The molecule has 0 radical (unpaired) electrons. The lowest BCUT2D eigenvalue weighted by Gasteiger charge is -2.18. The van der Waals surface area contributed by atoms with Crippen LogP contribution in [0.2, 0.25) is 0 Å². The number of carbonyl (C=O) groups excluding carboxylic acids is 1. The second-order valence-corrected chi connectivity index (χ2v) is 3.11. The number of hydrogen-bond acceptors (Lipinski definition) is 3. The molecule has 0 bridgehead atoms. The third-order valence-electron chi connectivity index (χ3n) is 2.23. The molecule has 0 saturated heterocycles. The first kappa shape index (κ1) is 11.9. The highest BCUT2D eigenvalue weighted by Crippen LogP contribution is 2.20. The number of rotatable bonds is 5. The van der Waals surface area contributed by atoms with E-state index in [0.717, 1.165) is 6.42 Å². The standard InChI is InChI=1S/C9H16O4/c1-4-6(2)7(5-8(10)11)9(12)13-3/h6-7H,4-5H2,1-3H3,(H,10,11)/t6?,7-/m1/s1. The molecule has 0 heterocycles. The molecule has 0 aliphatic heterocycles. The molecule has 0 amide bonds. The summed E-state index contributed by atoms with van der Waals surface area (Å²) in [5, 5.41) is 8.56. The van der Waals surface area contributed by atoms with E-state index >= 15 is 0 Å². The van der Waals surface area contributed by atoms with Gasteiger partial charge in [-0.2, -0.15) is 0 Å². The molecule has 4 nitrogen and oxygen atoms in total. The Labute approximate surface area is 77.9 Å². The minimum atomic E-state index is -0.962. The van der Waals surface area contributed by atoms with Gasteiger partial charge in [-0.25, -0.2) is 0 Å². The van der Waals surface area contributed by atoms with E-state index in [4.69, 9.17) is 5.11 Å². The van der Waals surface area contributed by atoms with Crippen molar-refractivity contribution in [3.8, 4) is 0 Å². The highest BCUT2D eigenvalue weighted by molar-refractivity contribution is 5.79. The summed E-state index contributed by atoms with van der Waals surface area (Å²) in [6.07, 6.45) is 0.620. The topological polar surface area (TPSA) is 63.6 Å². The maximum atomic E-state index is 11.2. The summed E-state index contributed by atoms with van der Waals surface area (Å²) in [5.74, 6) is -1.87. The first-order chi connectivity index (χ1) is 6.02. The van der Waals surface area contributed by atoms with Gasteiger partial charge in [-0.15, -0.1) is 0 Å². The van der Waals surface area contributed by atoms with Crippen LogP contribution in [0.3, 0.4) is 0 Å². The summed E-state index contributed by atoms with van der Waals surface area (Å²) < 4.78 is 4.53.